The third kappa shape index (κ3) is 4.23. The van der Waals surface area contributed by atoms with Crippen LogP contribution in [0.2, 0.25) is 0 Å². The van der Waals surface area contributed by atoms with Crippen LogP contribution in [-0.4, -0.2) is 26.1 Å². The van der Waals surface area contributed by atoms with Gasteiger partial charge >= 0.3 is 0 Å². The fourth-order valence-corrected chi connectivity index (χ4v) is 2.17. The van der Waals surface area contributed by atoms with E-state index in [1.807, 2.05) is 0 Å². The molecule has 4 heteroatoms. The van der Waals surface area contributed by atoms with E-state index >= 15 is 0 Å². The molecule has 90 valence electrons. The molecular formula is C12H21N3S. The maximum Gasteiger partial charge on any atom is 0.190 e. The highest BCUT2D eigenvalue weighted by atomic mass is 32.1. The molecule has 0 saturated heterocycles. The summed E-state index contributed by atoms with van der Waals surface area (Å²) in [5.74, 6) is 1.41. The lowest BCUT2D eigenvalue weighted by Gasteiger charge is -2.14. The fraction of sp³-hybridized carbons (Fsp3) is 0.583. The van der Waals surface area contributed by atoms with E-state index in [0.29, 0.717) is 5.92 Å². The minimum Gasteiger partial charge on any atom is -0.356 e. The average molecular weight is 239 g/mol. The summed E-state index contributed by atoms with van der Waals surface area (Å²) in [5, 5.41) is 10.9. The molecule has 1 heterocycles. The minimum absolute atomic E-state index is 0.520. The molecule has 0 radical (unpaired) electrons. The molecule has 1 rings (SSSR count). The van der Waals surface area contributed by atoms with Crippen molar-refractivity contribution in [3.8, 4) is 0 Å². The van der Waals surface area contributed by atoms with Crippen molar-refractivity contribution in [2.45, 2.75) is 26.2 Å². The lowest BCUT2D eigenvalue weighted by Crippen LogP contribution is -2.39. The van der Waals surface area contributed by atoms with Gasteiger partial charge in [0.25, 0.3) is 0 Å². The molecule has 0 amide bonds. The lowest BCUT2D eigenvalue weighted by atomic mass is 10.1. The van der Waals surface area contributed by atoms with E-state index in [1.54, 1.807) is 18.4 Å². The van der Waals surface area contributed by atoms with Crippen LogP contribution in [-0.2, 0) is 0 Å². The second-order valence-corrected chi connectivity index (χ2v) is 4.62. The number of nitrogens with zero attached hydrogens (tertiary/aromatic N) is 1. The van der Waals surface area contributed by atoms with Gasteiger partial charge in [-0.15, -0.1) is 0 Å². The quantitative estimate of drug-likeness (QED) is 0.611. The average Bonchev–Trinajstić information content (AvgIpc) is 2.82. The number of thiophene rings is 1. The SMILES string of the molecule is CCCNC(=NC)NCC(C)c1ccsc1. The van der Waals surface area contributed by atoms with Crippen LogP contribution in [0.15, 0.2) is 21.8 Å². The topological polar surface area (TPSA) is 36.4 Å². The molecule has 2 N–H and O–H groups in total. The van der Waals surface area contributed by atoms with E-state index in [9.17, 15) is 0 Å². The summed E-state index contributed by atoms with van der Waals surface area (Å²) in [6, 6.07) is 2.18. The minimum atomic E-state index is 0.520. The second kappa shape index (κ2) is 7.28. The van der Waals surface area contributed by atoms with Crippen molar-refractivity contribution in [3.63, 3.8) is 0 Å². The molecule has 1 unspecified atom stereocenters. The van der Waals surface area contributed by atoms with Gasteiger partial charge in [-0.3, -0.25) is 4.99 Å². The molecule has 3 nitrogen and oxygen atoms in total. The van der Waals surface area contributed by atoms with Crippen LogP contribution >= 0.6 is 11.3 Å². The highest BCUT2D eigenvalue weighted by Crippen LogP contribution is 2.16. The van der Waals surface area contributed by atoms with E-state index in [1.165, 1.54) is 5.56 Å². The summed E-state index contributed by atoms with van der Waals surface area (Å²) in [4.78, 5) is 4.18. The largest absolute Gasteiger partial charge is 0.356 e. The third-order valence-electron chi connectivity index (χ3n) is 2.45. The van der Waals surface area contributed by atoms with E-state index in [0.717, 1.165) is 25.5 Å². The van der Waals surface area contributed by atoms with Gasteiger partial charge < -0.3 is 10.6 Å². The van der Waals surface area contributed by atoms with Gasteiger partial charge in [-0.05, 0) is 34.7 Å². The van der Waals surface area contributed by atoms with Crippen molar-refractivity contribution < 1.29 is 0 Å². The van der Waals surface area contributed by atoms with Crippen LogP contribution in [0.5, 0.6) is 0 Å². The second-order valence-electron chi connectivity index (χ2n) is 3.84. The zero-order valence-electron chi connectivity index (χ0n) is 10.3. The Morgan fingerprint density at radius 2 is 2.31 bits per heavy atom. The standard InChI is InChI=1S/C12H21N3S/c1-4-6-14-12(13-3)15-8-10(2)11-5-7-16-9-11/h5,7,9-10H,4,6,8H2,1-3H3,(H2,13,14,15). The number of rotatable bonds is 5. The molecule has 1 aromatic heterocycles. The van der Waals surface area contributed by atoms with Gasteiger partial charge in [-0.2, -0.15) is 11.3 Å². The molecule has 0 spiro atoms. The first-order valence-corrected chi connectivity index (χ1v) is 6.68. The number of hydrogen-bond acceptors (Lipinski definition) is 2. The van der Waals surface area contributed by atoms with Crippen molar-refractivity contribution >= 4 is 17.3 Å². The van der Waals surface area contributed by atoms with Crippen molar-refractivity contribution in [1.29, 1.82) is 0 Å². The summed E-state index contributed by atoms with van der Waals surface area (Å²) in [6.07, 6.45) is 1.11. The fourth-order valence-electron chi connectivity index (χ4n) is 1.39. The Hall–Kier alpha value is -1.03. The summed E-state index contributed by atoms with van der Waals surface area (Å²) in [5.41, 5.74) is 1.39. The highest BCUT2D eigenvalue weighted by molar-refractivity contribution is 7.07. The Balaban J connectivity index is 2.32. The maximum atomic E-state index is 4.18. The molecule has 0 bridgehead atoms. The molecule has 0 aliphatic heterocycles. The highest BCUT2D eigenvalue weighted by Gasteiger charge is 2.06. The van der Waals surface area contributed by atoms with Crippen molar-refractivity contribution in [3.05, 3.63) is 22.4 Å². The summed E-state index contributed by atoms with van der Waals surface area (Å²) in [7, 11) is 1.81. The Labute approximate surface area is 102 Å². The van der Waals surface area contributed by atoms with Crippen LogP contribution < -0.4 is 10.6 Å². The molecule has 0 fully saturated rings. The molecule has 16 heavy (non-hydrogen) atoms. The van der Waals surface area contributed by atoms with E-state index in [4.69, 9.17) is 0 Å². The Morgan fingerprint density at radius 3 is 2.88 bits per heavy atom. The maximum absolute atomic E-state index is 4.18. The van der Waals surface area contributed by atoms with E-state index < -0.39 is 0 Å². The van der Waals surface area contributed by atoms with Crippen molar-refractivity contribution in [1.82, 2.24) is 10.6 Å². The van der Waals surface area contributed by atoms with Crippen LogP contribution in [0.1, 0.15) is 31.7 Å². The first-order valence-electron chi connectivity index (χ1n) is 5.74. The zero-order valence-corrected chi connectivity index (χ0v) is 11.1. The molecule has 1 atom stereocenters. The molecule has 0 aliphatic carbocycles. The van der Waals surface area contributed by atoms with Crippen LogP contribution in [0.4, 0.5) is 0 Å². The van der Waals surface area contributed by atoms with Crippen LogP contribution in [0.25, 0.3) is 0 Å². The van der Waals surface area contributed by atoms with Gasteiger partial charge in [0.1, 0.15) is 0 Å². The smallest absolute Gasteiger partial charge is 0.190 e. The number of guanidine groups is 1. The zero-order chi connectivity index (χ0) is 11.8. The predicted octanol–water partition coefficient (Wildman–Crippen LogP) is 2.43. The summed E-state index contributed by atoms with van der Waals surface area (Å²) >= 11 is 1.75. The van der Waals surface area contributed by atoms with Gasteiger partial charge in [0.05, 0.1) is 0 Å². The van der Waals surface area contributed by atoms with E-state index in [-0.39, 0.29) is 0 Å². The Morgan fingerprint density at radius 1 is 1.50 bits per heavy atom. The number of nitrogens with one attached hydrogen (secondary N) is 2. The van der Waals surface area contributed by atoms with Crippen molar-refractivity contribution in [2.75, 3.05) is 20.1 Å². The van der Waals surface area contributed by atoms with Gasteiger partial charge in [-0.1, -0.05) is 13.8 Å². The summed E-state index contributed by atoms with van der Waals surface area (Å²) in [6.45, 7) is 6.25. The van der Waals surface area contributed by atoms with Gasteiger partial charge in [0.2, 0.25) is 0 Å². The first kappa shape index (κ1) is 13.0. The predicted molar refractivity (Wildman–Crippen MR) is 72.4 cm³/mol. The van der Waals surface area contributed by atoms with Gasteiger partial charge in [0, 0.05) is 20.1 Å². The third-order valence-corrected chi connectivity index (χ3v) is 3.16. The number of aliphatic imine (C=N–C) groups is 1. The number of hydrogen-bond donors (Lipinski definition) is 2. The first-order chi connectivity index (χ1) is 7.77. The normalized spacial score (nSPS) is 13.6. The molecule has 0 saturated carbocycles. The Bertz CT molecular complexity index is 306. The van der Waals surface area contributed by atoms with Crippen LogP contribution in [0.3, 0.4) is 0 Å². The molecule has 0 aliphatic rings. The lowest BCUT2D eigenvalue weighted by molar-refractivity contribution is 0.697. The van der Waals surface area contributed by atoms with Crippen LogP contribution in [0, 0.1) is 0 Å². The molecule has 1 aromatic rings. The van der Waals surface area contributed by atoms with Crippen molar-refractivity contribution in [2.24, 2.45) is 4.99 Å². The summed E-state index contributed by atoms with van der Waals surface area (Å²) < 4.78 is 0. The Kier molecular flexibility index (Phi) is 5.93. The molecule has 0 aromatic carbocycles. The van der Waals surface area contributed by atoms with Gasteiger partial charge in [-0.25, -0.2) is 0 Å². The van der Waals surface area contributed by atoms with Gasteiger partial charge in [0.15, 0.2) is 5.96 Å². The molecular weight excluding hydrogens is 218 g/mol. The monoisotopic (exact) mass is 239 g/mol. The van der Waals surface area contributed by atoms with E-state index in [2.05, 4.69) is 46.3 Å².